The molecule has 18 heavy (non-hydrogen) atoms. The van der Waals surface area contributed by atoms with Gasteiger partial charge in [-0.25, -0.2) is 0 Å². The van der Waals surface area contributed by atoms with Crippen LogP contribution in [-0.2, 0) is 4.74 Å². The number of hydrogen-bond donors (Lipinski definition) is 1. The van der Waals surface area contributed by atoms with Gasteiger partial charge in [-0.15, -0.1) is 0 Å². The van der Waals surface area contributed by atoms with Gasteiger partial charge in [0.2, 0.25) is 0 Å². The molecule has 1 rings (SSSR count). The van der Waals surface area contributed by atoms with Crippen LogP contribution in [0.5, 0.6) is 5.75 Å². The highest BCUT2D eigenvalue weighted by Gasteiger charge is 2.27. The Bertz CT molecular complexity index is 440. The Kier molecular flexibility index (Phi) is 5.36. The molecular weight excluding hydrogens is 335 g/mol. The number of benzene rings is 1. The van der Waals surface area contributed by atoms with Crippen molar-refractivity contribution >= 4 is 33.1 Å². The maximum absolute atomic E-state index is 11.8. The second-order valence-corrected chi connectivity index (χ2v) is 4.59. The lowest BCUT2D eigenvalue weighted by Crippen LogP contribution is -2.19. The van der Waals surface area contributed by atoms with Crippen molar-refractivity contribution in [3.8, 4) is 5.75 Å². The third-order valence-corrected chi connectivity index (χ3v) is 2.48. The first-order valence-corrected chi connectivity index (χ1v) is 5.86. The van der Waals surface area contributed by atoms with E-state index in [4.69, 9.17) is 22.7 Å². The van der Waals surface area contributed by atoms with E-state index >= 15 is 0 Å². The van der Waals surface area contributed by atoms with Crippen LogP contribution in [-0.4, -0.2) is 24.6 Å². The van der Waals surface area contributed by atoms with Gasteiger partial charge in [0.05, 0.1) is 5.56 Å². The summed E-state index contributed by atoms with van der Waals surface area (Å²) in [6.07, 6.45) is -4.38. The van der Waals surface area contributed by atoms with E-state index in [0.29, 0.717) is 5.56 Å². The fourth-order valence-electron chi connectivity index (χ4n) is 1.08. The lowest BCUT2D eigenvalue weighted by Gasteiger charge is -2.12. The van der Waals surface area contributed by atoms with E-state index < -0.39 is 19.6 Å². The van der Waals surface area contributed by atoms with Crippen LogP contribution in [0, 0.1) is 0 Å². The highest BCUT2D eigenvalue weighted by Crippen LogP contribution is 2.23. The Balaban J connectivity index is 2.59. The van der Waals surface area contributed by atoms with E-state index in [1.54, 1.807) is 12.1 Å². The summed E-state index contributed by atoms with van der Waals surface area (Å²) in [5.74, 6) is 0.271. The van der Waals surface area contributed by atoms with Crippen LogP contribution < -0.4 is 10.5 Å². The Hall–Kier alpha value is -0.860. The van der Waals surface area contributed by atoms with Gasteiger partial charge in [-0.05, 0) is 18.2 Å². The van der Waals surface area contributed by atoms with Crippen molar-refractivity contribution in [1.82, 2.24) is 0 Å². The molecule has 0 unspecified atom stereocenters. The molecular formula is C10H9BrF3NO2S. The minimum atomic E-state index is -4.38. The second kappa shape index (κ2) is 6.35. The number of halogens is 4. The van der Waals surface area contributed by atoms with Gasteiger partial charge in [-0.3, -0.25) is 0 Å². The molecule has 0 aliphatic carbocycles. The highest BCUT2D eigenvalue weighted by molar-refractivity contribution is 9.10. The molecule has 2 N–H and O–H groups in total. The molecule has 0 radical (unpaired) electrons. The van der Waals surface area contributed by atoms with Gasteiger partial charge in [-0.1, -0.05) is 28.1 Å². The number of alkyl halides is 3. The number of nitrogens with two attached hydrogens (primary N) is 1. The van der Waals surface area contributed by atoms with Crippen LogP contribution in [0.1, 0.15) is 5.56 Å². The summed E-state index contributed by atoms with van der Waals surface area (Å²) < 4.78 is 45.5. The minimum absolute atomic E-state index is 0.0853. The second-order valence-electron chi connectivity index (χ2n) is 3.23. The molecule has 0 aromatic heterocycles. The Morgan fingerprint density at radius 2 is 2.06 bits per heavy atom. The van der Waals surface area contributed by atoms with Crippen LogP contribution in [0.3, 0.4) is 0 Å². The van der Waals surface area contributed by atoms with Crippen LogP contribution in [0.4, 0.5) is 13.2 Å². The largest absolute Gasteiger partial charge is 0.467 e. The first kappa shape index (κ1) is 15.2. The zero-order valence-electron chi connectivity index (χ0n) is 8.96. The molecule has 1 aromatic carbocycles. The molecule has 0 atom stereocenters. The molecule has 0 aliphatic rings. The molecule has 0 bridgehead atoms. The minimum Gasteiger partial charge on any atom is -0.467 e. The average Bonchev–Trinajstić information content (AvgIpc) is 2.24. The third kappa shape index (κ3) is 5.19. The SMILES string of the molecule is NC(=S)c1cc(Br)ccc1OCOCC(F)(F)F. The van der Waals surface area contributed by atoms with E-state index in [1.807, 2.05) is 0 Å². The predicted octanol–water partition coefficient (Wildman–Crippen LogP) is 3.00. The van der Waals surface area contributed by atoms with Crippen molar-refractivity contribution < 1.29 is 22.6 Å². The predicted molar refractivity (Wildman–Crippen MR) is 67.5 cm³/mol. The number of ether oxygens (including phenoxy) is 2. The quantitative estimate of drug-likeness (QED) is 0.507. The van der Waals surface area contributed by atoms with E-state index in [1.165, 1.54) is 6.07 Å². The van der Waals surface area contributed by atoms with Gasteiger partial charge in [0.25, 0.3) is 0 Å². The average molecular weight is 344 g/mol. The summed E-state index contributed by atoms with van der Waals surface area (Å²) in [7, 11) is 0. The van der Waals surface area contributed by atoms with Gasteiger partial charge in [0.1, 0.15) is 17.3 Å². The van der Waals surface area contributed by atoms with E-state index in [2.05, 4.69) is 20.7 Å². The van der Waals surface area contributed by atoms with E-state index in [-0.39, 0.29) is 10.7 Å². The highest BCUT2D eigenvalue weighted by atomic mass is 79.9. The normalized spacial score (nSPS) is 11.3. The standard InChI is InChI=1S/C10H9BrF3NO2S/c11-6-1-2-8(7(3-6)9(15)18)17-5-16-4-10(12,13)14/h1-3H,4-5H2,(H2,15,18). The molecule has 0 saturated heterocycles. The van der Waals surface area contributed by atoms with Crippen LogP contribution in [0.15, 0.2) is 22.7 Å². The van der Waals surface area contributed by atoms with Gasteiger partial charge < -0.3 is 15.2 Å². The van der Waals surface area contributed by atoms with Crippen molar-refractivity contribution in [2.75, 3.05) is 13.4 Å². The summed E-state index contributed by atoms with van der Waals surface area (Å²) in [6, 6.07) is 4.80. The molecule has 0 amide bonds. The first-order valence-electron chi connectivity index (χ1n) is 4.66. The monoisotopic (exact) mass is 343 g/mol. The topological polar surface area (TPSA) is 44.5 Å². The number of rotatable bonds is 5. The zero-order chi connectivity index (χ0) is 13.8. The lowest BCUT2D eigenvalue weighted by atomic mass is 10.2. The molecule has 3 nitrogen and oxygen atoms in total. The molecule has 0 aliphatic heterocycles. The van der Waals surface area contributed by atoms with Crippen LogP contribution in [0.25, 0.3) is 0 Å². The van der Waals surface area contributed by atoms with Gasteiger partial charge in [0, 0.05) is 4.47 Å². The zero-order valence-corrected chi connectivity index (χ0v) is 11.4. The summed E-state index contributed by atoms with van der Waals surface area (Å²) in [4.78, 5) is 0.0853. The molecule has 8 heteroatoms. The van der Waals surface area contributed by atoms with Crippen molar-refractivity contribution in [1.29, 1.82) is 0 Å². The lowest BCUT2D eigenvalue weighted by molar-refractivity contribution is -0.186. The number of hydrogen-bond acceptors (Lipinski definition) is 3. The molecule has 100 valence electrons. The Morgan fingerprint density at radius 1 is 1.39 bits per heavy atom. The molecule has 1 aromatic rings. The molecule has 0 heterocycles. The fourth-order valence-corrected chi connectivity index (χ4v) is 1.60. The summed E-state index contributed by atoms with van der Waals surface area (Å²) in [5, 5.41) is 0. The van der Waals surface area contributed by atoms with Crippen molar-refractivity contribution in [2.24, 2.45) is 5.73 Å². The Morgan fingerprint density at radius 3 is 2.61 bits per heavy atom. The molecule has 0 fully saturated rings. The number of thiocarbonyl (C=S) groups is 1. The summed E-state index contributed by atoms with van der Waals surface area (Å²) in [6.45, 7) is -1.90. The van der Waals surface area contributed by atoms with E-state index in [0.717, 1.165) is 4.47 Å². The van der Waals surface area contributed by atoms with Crippen molar-refractivity contribution in [2.45, 2.75) is 6.18 Å². The maximum Gasteiger partial charge on any atom is 0.411 e. The van der Waals surface area contributed by atoms with Crippen LogP contribution in [0.2, 0.25) is 0 Å². The van der Waals surface area contributed by atoms with Gasteiger partial charge in [0.15, 0.2) is 6.79 Å². The summed E-state index contributed by atoms with van der Waals surface area (Å²) in [5.41, 5.74) is 5.89. The smallest absolute Gasteiger partial charge is 0.411 e. The fraction of sp³-hybridized carbons (Fsp3) is 0.300. The Labute approximate surface area is 115 Å². The molecule has 0 saturated carbocycles. The summed E-state index contributed by atoms with van der Waals surface area (Å²) >= 11 is 8.03. The van der Waals surface area contributed by atoms with E-state index in [9.17, 15) is 13.2 Å². The van der Waals surface area contributed by atoms with Crippen molar-refractivity contribution in [3.05, 3.63) is 28.2 Å². The molecule has 0 spiro atoms. The first-order chi connectivity index (χ1) is 8.29. The van der Waals surface area contributed by atoms with Crippen molar-refractivity contribution in [3.63, 3.8) is 0 Å². The van der Waals surface area contributed by atoms with Crippen LogP contribution >= 0.6 is 28.1 Å². The third-order valence-electron chi connectivity index (χ3n) is 1.77. The maximum atomic E-state index is 11.8. The van der Waals surface area contributed by atoms with Gasteiger partial charge >= 0.3 is 6.18 Å². The van der Waals surface area contributed by atoms with Gasteiger partial charge in [-0.2, -0.15) is 13.2 Å².